The lowest BCUT2D eigenvalue weighted by atomic mass is 9.91. The van der Waals surface area contributed by atoms with Crippen molar-refractivity contribution in [2.45, 2.75) is 81.3 Å². The van der Waals surface area contributed by atoms with Crippen LogP contribution in [0.1, 0.15) is 64.7 Å². The van der Waals surface area contributed by atoms with Crippen LogP contribution < -0.4 is 0 Å². The van der Waals surface area contributed by atoms with Crippen molar-refractivity contribution in [3.05, 3.63) is 24.3 Å². The van der Waals surface area contributed by atoms with Crippen LogP contribution in [0.25, 0.3) is 0 Å². The second kappa shape index (κ2) is 13.7. The summed E-state index contributed by atoms with van der Waals surface area (Å²) in [4.78, 5) is 11.1. The van der Waals surface area contributed by atoms with E-state index in [-0.39, 0.29) is 12.1 Å². The molecule has 1 aliphatic rings. The first kappa shape index (κ1) is 23.6. The van der Waals surface area contributed by atoms with Gasteiger partial charge >= 0.3 is 5.97 Å². The quantitative estimate of drug-likeness (QED) is 0.187. The summed E-state index contributed by atoms with van der Waals surface area (Å²) in [6.07, 6.45) is 16.5. The molecule has 0 amide bonds. The van der Waals surface area contributed by atoms with E-state index < -0.39 is 0 Å². The molecule has 0 aromatic carbocycles. The summed E-state index contributed by atoms with van der Waals surface area (Å²) < 4.78 is 4.65. The van der Waals surface area contributed by atoms with Crippen molar-refractivity contribution < 1.29 is 14.6 Å². The van der Waals surface area contributed by atoms with Gasteiger partial charge in [-0.05, 0) is 43.9 Å². The zero-order chi connectivity index (χ0) is 19.4. The zero-order valence-corrected chi connectivity index (χ0v) is 18.0. The summed E-state index contributed by atoms with van der Waals surface area (Å²) in [5.74, 6) is 0.642. The molecule has 0 heterocycles. The van der Waals surface area contributed by atoms with E-state index in [0.717, 1.165) is 38.5 Å². The van der Waals surface area contributed by atoms with Gasteiger partial charge in [0, 0.05) is 16.9 Å². The predicted molar refractivity (Wildman–Crippen MR) is 116 cm³/mol. The lowest BCUT2D eigenvalue weighted by Crippen LogP contribution is -2.16. The smallest absolute Gasteiger partial charge is 0.305 e. The molecule has 0 unspecified atom stereocenters. The highest BCUT2D eigenvalue weighted by atomic mass is 32.1. The summed E-state index contributed by atoms with van der Waals surface area (Å²) in [5, 5.41) is 10.8. The number of esters is 1. The van der Waals surface area contributed by atoms with Crippen LogP contribution in [-0.4, -0.2) is 34.8 Å². The topological polar surface area (TPSA) is 46.5 Å². The van der Waals surface area contributed by atoms with Crippen LogP contribution >= 0.6 is 25.3 Å². The van der Waals surface area contributed by atoms with Crippen LogP contribution in [0.2, 0.25) is 0 Å². The third-order valence-electron chi connectivity index (χ3n) is 5.13. The number of aliphatic hydroxyl groups is 1. The van der Waals surface area contributed by atoms with Gasteiger partial charge in [-0.15, -0.1) is 0 Å². The molecule has 1 rings (SSSR count). The second-order valence-corrected chi connectivity index (χ2v) is 8.56. The van der Waals surface area contributed by atoms with Gasteiger partial charge in [-0.3, -0.25) is 4.79 Å². The third kappa shape index (κ3) is 9.01. The van der Waals surface area contributed by atoms with E-state index >= 15 is 0 Å². The van der Waals surface area contributed by atoms with Crippen LogP contribution in [-0.2, 0) is 9.53 Å². The molecule has 150 valence electrons. The number of unbranched alkanes of at least 4 members (excludes halogenated alkanes) is 3. The fraction of sp³-hybridized carbons (Fsp3) is 0.762. The zero-order valence-electron chi connectivity index (χ0n) is 16.2. The molecule has 0 aliphatic heterocycles. The Morgan fingerprint density at radius 1 is 1.23 bits per heavy atom. The van der Waals surface area contributed by atoms with Gasteiger partial charge in [-0.25, -0.2) is 0 Å². The summed E-state index contributed by atoms with van der Waals surface area (Å²) in [5.41, 5.74) is 0. The van der Waals surface area contributed by atoms with Gasteiger partial charge in [0.25, 0.3) is 0 Å². The Hall–Kier alpha value is -0.390. The molecule has 1 fully saturated rings. The van der Waals surface area contributed by atoms with E-state index in [0.29, 0.717) is 28.8 Å². The van der Waals surface area contributed by atoms with Gasteiger partial charge in [0.2, 0.25) is 0 Å². The van der Waals surface area contributed by atoms with Crippen LogP contribution in [0.15, 0.2) is 24.3 Å². The van der Waals surface area contributed by atoms with Gasteiger partial charge in [0.05, 0.1) is 13.2 Å². The lowest BCUT2D eigenvalue weighted by molar-refractivity contribution is -0.140. The molecule has 0 spiro atoms. The number of thiol groups is 2. The summed E-state index contributed by atoms with van der Waals surface area (Å²) in [6.45, 7) is 2.17. The third-order valence-corrected chi connectivity index (χ3v) is 6.28. The lowest BCUT2D eigenvalue weighted by Gasteiger charge is -2.20. The minimum absolute atomic E-state index is 0.148. The standard InChI is InChI=1S/C21H36O3S2/c1-3-4-7-10-16(22)13-14-18-17(19(25)15-20(18)26)11-8-5-6-9-12-21(23)24-2/h5,8,13-14,16-20,22,25-26H,3-4,6-7,9-12,15H2,1-2H3/b8-5-,14-13+/t16-,17+,18+,19-,20+/m0/s1. The van der Waals surface area contributed by atoms with Gasteiger partial charge < -0.3 is 9.84 Å². The highest BCUT2D eigenvalue weighted by Gasteiger charge is 2.37. The van der Waals surface area contributed by atoms with Crippen LogP contribution in [0, 0.1) is 11.8 Å². The van der Waals surface area contributed by atoms with Gasteiger partial charge in [0.15, 0.2) is 0 Å². The molecule has 26 heavy (non-hydrogen) atoms. The fourth-order valence-corrected chi connectivity index (χ4v) is 4.76. The van der Waals surface area contributed by atoms with Gasteiger partial charge in [0.1, 0.15) is 0 Å². The van der Waals surface area contributed by atoms with Crippen molar-refractivity contribution in [3.63, 3.8) is 0 Å². The van der Waals surface area contributed by atoms with E-state index in [1.807, 2.05) is 6.08 Å². The SMILES string of the molecule is CCCCC[C@H](O)/C=C/[C@@H]1[C@@H](C/C=C\CCCC(=O)OC)[C@@H](S)C[C@H]1S. The molecule has 0 radical (unpaired) electrons. The molecular weight excluding hydrogens is 364 g/mol. The molecule has 1 saturated carbocycles. The van der Waals surface area contributed by atoms with Crippen molar-refractivity contribution >= 4 is 31.2 Å². The van der Waals surface area contributed by atoms with E-state index in [1.165, 1.54) is 20.0 Å². The Morgan fingerprint density at radius 2 is 2.00 bits per heavy atom. The summed E-state index contributed by atoms with van der Waals surface area (Å²) >= 11 is 9.51. The monoisotopic (exact) mass is 400 g/mol. The van der Waals surface area contributed by atoms with Crippen molar-refractivity contribution in [2.75, 3.05) is 7.11 Å². The maximum Gasteiger partial charge on any atom is 0.305 e. The molecule has 0 aromatic rings. The predicted octanol–water partition coefficient (Wildman–Crippen LogP) is 5.01. The molecule has 5 atom stereocenters. The van der Waals surface area contributed by atoms with Crippen molar-refractivity contribution in [3.8, 4) is 0 Å². The van der Waals surface area contributed by atoms with Crippen LogP contribution in [0.4, 0.5) is 0 Å². The Kier molecular flexibility index (Phi) is 12.5. The molecule has 1 N–H and O–H groups in total. The molecule has 0 bridgehead atoms. The maximum atomic E-state index is 11.1. The molecule has 0 saturated heterocycles. The molecule has 0 aromatic heterocycles. The first-order valence-corrected chi connectivity index (χ1v) is 11.0. The van der Waals surface area contributed by atoms with Crippen molar-refractivity contribution in [1.82, 2.24) is 0 Å². The van der Waals surface area contributed by atoms with Gasteiger partial charge in [-0.2, -0.15) is 25.3 Å². The average Bonchev–Trinajstić information content (AvgIpc) is 2.89. The largest absolute Gasteiger partial charge is 0.469 e. The molecule has 1 aliphatic carbocycles. The number of carbonyl (C=O) groups is 1. The minimum atomic E-state index is -0.351. The Balaban J connectivity index is 2.44. The Morgan fingerprint density at radius 3 is 2.69 bits per heavy atom. The number of allylic oxidation sites excluding steroid dienone is 3. The first-order chi connectivity index (χ1) is 12.5. The number of ether oxygens (including phenoxy) is 1. The van der Waals surface area contributed by atoms with Crippen LogP contribution in [0.3, 0.4) is 0 Å². The molecule has 5 heteroatoms. The van der Waals surface area contributed by atoms with Crippen LogP contribution in [0.5, 0.6) is 0 Å². The van der Waals surface area contributed by atoms with Gasteiger partial charge in [-0.1, -0.05) is 50.5 Å². The number of methoxy groups -OCH3 is 1. The highest BCUT2D eigenvalue weighted by Crippen LogP contribution is 2.41. The Bertz CT molecular complexity index is 451. The number of hydrogen-bond acceptors (Lipinski definition) is 5. The Labute approximate surface area is 170 Å². The molecular formula is C21H36O3S2. The average molecular weight is 401 g/mol. The maximum absolute atomic E-state index is 11.1. The normalized spacial score (nSPS) is 27.4. The molecule has 3 nitrogen and oxygen atoms in total. The number of carbonyl (C=O) groups excluding carboxylic acids is 1. The second-order valence-electron chi connectivity index (χ2n) is 7.24. The van der Waals surface area contributed by atoms with Crippen molar-refractivity contribution in [1.29, 1.82) is 0 Å². The summed E-state index contributed by atoms with van der Waals surface area (Å²) in [6, 6.07) is 0. The minimum Gasteiger partial charge on any atom is -0.469 e. The van der Waals surface area contributed by atoms with E-state index in [9.17, 15) is 9.90 Å². The first-order valence-electron chi connectivity index (χ1n) is 9.93. The van der Waals surface area contributed by atoms with E-state index in [1.54, 1.807) is 0 Å². The highest BCUT2D eigenvalue weighted by molar-refractivity contribution is 7.82. The van der Waals surface area contributed by atoms with E-state index in [2.05, 4.69) is 29.9 Å². The number of aliphatic hydroxyl groups excluding tert-OH is 1. The van der Waals surface area contributed by atoms with Crippen molar-refractivity contribution in [2.24, 2.45) is 11.8 Å². The van der Waals surface area contributed by atoms with E-state index in [4.69, 9.17) is 25.3 Å². The number of hydrogen-bond donors (Lipinski definition) is 3. The summed E-state index contributed by atoms with van der Waals surface area (Å²) in [7, 11) is 1.42. The fourth-order valence-electron chi connectivity index (χ4n) is 3.50. The number of rotatable bonds is 12.